The minimum absolute atomic E-state index is 0.0591. The maximum atomic E-state index is 5.83. The normalized spacial score (nSPS) is 12.1. The van der Waals surface area contributed by atoms with Crippen LogP contribution in [-0.4, -0.2) is 26.3 Å². The van der Waals surface area contributed by atoms with Gasteiger partial charge in [-0.2, -0.15) is 0 Å². The Hall–Kier alpha value is -0.0151. The van der Waals surface area contributed by atoms with Crippen molar-refractivity contribution in [3.8, 4) is 0 Å². The van der Waals surface area contributed by atoms with Crippen LogP contribution in [0.15, 0.2) is 0 Å². The smallest absolute Gasteiger partial charge is 0.292 e. The Balaban J connectivity index is 3.48. The zero-order valence-electron chi connectivity index (χ0n) is 11.0. The molecule has 0 bridgehead atoms. The summed E-state index contributed by atoms with van der Waals surface area (Å²) in [5.74, 6) is 0.713. The van der Waals surface area contributed by atoms with Crippen LogP contribution in [0.4, 0.5) is 0 Å². The van der Waals surface area contributed by atoms with E-state index >= 15 is 0 Å². The van der Waals surface area contributed by atoms with Gasteiger partial charge in [-0.1, -0.05) is 27.1 Å². The lowest BCUT2D eigenvalue weighted by Crippen LogP contribution is -2.27. The first-order valence-electron chi connectivity index (χ1n) is 6.05. The van der Waals surface area contributed by atoms with Crippen LogP contribution in [0.1, 0.15) is 47.5 Å². The fraction of sp³-hybridized carbons (Fsp3) is 1.00. The number of ether oxygens (including phenoxy) is 1. The summed E-state index contributed by atoms with van der Waals surface area (Å²) in [4.78, 5) is 0. The van der Waals surface area contributed by atoms with Gasteiger partial charge in [-0.3, -0.25) is 0 Å². The van der Waals surface area contributed by atoms with Gasteiger partial charge in [0.15, 0.2) is 0 Å². The van der Waals surface area contributed by atoms with Gasteiger partial charge in [0, 0.05) is 13.2 Å². The van der Waals surface area contributed by atoms with E-state index < -0.39 is 0 Å². The van der Waals surface area contributed by atoms with E-state index in [4.69, 9.17) is 9.39 Å². The van der Waals surface area contributed by atoms with Gasteiger partial charge in [-0.15, -0.1) is 0 Å². The first-order chi connectivity index (χ1) is 6.98. The van der Waals surface area contributed by atoms with E-state index in [9.17, 15) is 0 Å². The minimum atomic E-state index is -0.0591. The third-order valence-corrected chi connectivity index (χ3v) is 2.29. The largest absolute Gasteiger partial charge is 0.440 e. The summed E-state index contributed by atoms with van der Waals surface area (Å²) in [5.41, 5.74) is -0.0591. The van der Waals surface area contributed by atoms with Gasteiger partial charge in [0.2, 0.25) is 0 Å². The zero-order chi connectivity index (χ0) is 11.7. The van der Waals surface area contributed by atoms with Gasteiger partial charge in [0.1, 0.15) is 0 Å². The highest BCUT2D eigenvalue weighted by Gasteiger charge is 2.17. The Morgan fingerprint density at radius 3 is 2.40 bits per heavy atom. The molecule has 0 aromatic rings. The predicted octanol–water partition coefficient (Wildman–Crippen LogP) is 3.29. The molecule has 0 spiro atoms. The summed E-state index contributed by atoms with van der Waals surface area (Å²) in [5, 5.41) is 0. The SMILES string of the molecule is CC[B]OCCC(C)(C)OCCC(C)C. The van der Waals surface area contributed by atoms with Crippen LogP contribution in [0.25, 0.3) is 0 Å². The summed E-state index contributed by atoms with van der Waals surface area (Å²) in [6.07, 6.45) is 3.04. The average Bonchev–Trinajstić information content (AvgIpc) is 2.11. The maximum Gasteiger partial charge on any atom is 0.292 e. The van der Waals surface area contributed by atoms with E-state index in [1.54, 1.807) is 0 Å². The van der Waals surface area contributed by atoms with Crippen molar-refractivity contribution in [1.29, 1.82) is 0 Å². The van der Waals surface area contributed by atoms with Gasteiger partial charge in [-0.25, -0.2) is 0 Å². The van der Waals surface area contributed by atoms with Crippen LogP contribution in [0.5, 0.6) is 0 Å². The Morgan fingerprint density at radius 1 is 1.20 bits per heavy atom. The van der Waals surface area contributed by atoms with E-state index in [0.29, 0.717) is 5.92 Å². The molecule has 0 amide bonds. The molecule has 15 heavy (non-hydrogen) atoms. The molecule has 0 rings (SSSR count). The zero-order valence-corrected chi connectivity index (χ0v) is 11.0. The van der Waals surface area contributed by atoms with E-state index in [1.165, 1.54) is 0 Å². The first-order valence-corrected chi connectivity index (χ1v) is 6.05. The predicted molar refractivity (Wildman–Crippen MR) is 66.3 cm³/mol. The molecule has 0 aromatic carbocycles. The number of rotatable bonds is 9. The number of hydrogen-bond donors (Lipinski definition) is 0. The summed E-state index contributed by atoms with van der Waals surface area (Å²) in [6, 6.07) is 0. The summed E-state index contributed by atoms with van der Waals surface area (Å²) in [6.45, 7) is 12.4. The van der Waals surface area contributed by atoms with E-state index in [2.05, 4.69) is 34.6 Å². The topological polar surface area (TPSA) is 18.5 Å². The van der Waals surface area contributed by atoms with Crippen molar-refractivity contribution < 1.29 is 9.39 Å². The minimum Gasteiger partial charge on any atom is -0.440 e. The van der Waals surface area contributed by atoms with Crippen molar-refractivity contribution in [3.63, 3.8) is 0 Å². The van der Waals surface area contributed by atoms with Crippen molar-refractivity contribution in [2.24, 2.45) is 5.92 Å². The second-order valence-electron chi connectivity index (χ2n) is 4.99. The second kappa shape index (κ2) is 8.17. The Morgan fingerprint density at radius 2 is 1.87 bits per heavy atom. The molecular formula is C12H26BO2. The standard InChI is InChI=1S/C12H26BO2/c1-6-13-15-10-8-12(4,5)14-9-7-11(2)3/h11H,6-10H2,1-5H3. The molecule has 0 saturated heterocycles. The molecule has 1 radical (unpaired) electrons. The highest BCUT2D eigenvalue weighted by atomic mass is 16.5. The van der Waals surface area contributed by atoms with Crippen LogP contribution in [0.2, 0.25) is 6.32 Å². The molecule has 0 heterocycles. The molecule has 0 saturated carbocycles. The van der Waals surface area contributed by atoms with E-state index in [0.717, 1.165) is 32.4 Å². The first kappa shape index (κ1) is 15.0. The molecule has 89 valence electrons. The van der Waals surface area contributed by atoms with Gasteiger partial charge in [0.25, 0.3) is 7.48 Å². The van der Waals surface area contributed by atoms with E-state index in [1.807, 2.05) is 7.48 Å². The molecule has 0 fully saturated rings. The van der Waals surface area contributed by atoms with Gasteiger partial charge >= 0.3 is 0 Å². The van der Waals surface area contributed by atoms with Crippen LogP contribution in [0.3, 0.4) is 0 Å². The molecule has 0 N–H and O–H groups in total. The lowest BCUT2D eigenvalue weighted by Gasteiger charge is -2.25. The average molecular weight is 213 g/mol. The monoisotopic (exact) mass is 213 g/mol. The van der Waals surface area contributed by atoms with Crippen molar-refractivity contribution >= 4 is 7.48 Å². The van der Waals surface area contributed by atoms with Crippen LogP contribution < -0.4 is 0 Å². The quantitative estimate of drug-likeness (QED) is 0.432. The van der Waals surface area contributed by atoms with Crippen molar-refractivity contribution in [1.82, 2.24) is 0 Å². The highest BCUT2D eigenvalue weighted by molar-refractivity contribution is 6.26. The fourth-order valence-electron chi connectivity index (χ4n) is 1.15. The Bertz CT molecular complexity index is 147. The molecule has 2 nitrogen and oxygen atoms in total. The lowest BCUT2D eigenvalue weighted by atomic mass is 9.97. The molecule has 0 aliphatic rings. The molecule has 0 aliphatic heterocycles. The van der Waals surface area contributed by atoms with Crippen LogP contribution >= 0.6 is 0 Å². The van der Waals surface area contributed by atoms with Gasteiger partial charge in [-0.05, 0) is 32.6 Å². The molecule has 0 aliphatic carbocycles. The number of hydrogen-bond acceptors (Lipinski definition) is 2. The maximum absolute atomic E-state index is 5.83. The van der Waals surface area contributed by atoms with Crippen molar-refractivity contribution in [3.05, 3.63) is 0 Å². The Labute approximate surface area is 96.0 Å². The van der Waals surface area contributed by atoms with Gasteiger partial charge < -0.3 is 9.39 Å². The summed E-state index contributed by atoms with van der Waals surface area (Å²) >= 11 is 0. The van der Waals surface area contributed by atoms with Crippen molar-refractivity contribution in [2.75, 3.05) is 13.2 Å². The third-order valence-electron chi connectivity index (χ3n) is 2.29. The lowest BCUT2D eigenvalue weighted by molar-refractivity contribution is -0.0345. The second-order valence-corrected chi connectivity index (χ2v) is 4.99. The third kappa shape index (κ3) is 10.3. The van der Waals surface area contributed by atoms with Gasteiger partial charge in [0.05, 0.1) is 5.60 Å². The fourth-order valence-corrected chi connectivity index (χ4v) is 1.15. The summed E-state index contributed by atoms with van der Waals surface area (Å²) in [7, 11) is 1.85. The molecular weight excluding hydrogens is 187 g/mol. The summed E-state index contributed by atoms with van der Waals surface area (Å²) < 4.78 is 11.2. The molecule has 0 unspecified atom stereocenters. The Kier molecular flexibility index (Phi) is 8.17. The molecule has 0 atom stereocenters. The highest BCUT2D eigenvalue weighted by Crippen LogP contribution is 2.15. The molecule has 0 aromatic heterocycles. The molecule has 3 heteroatoms. The van der Waals surface area contributed by atoms with Crippen LogP contribution in [-0.2, 0) is 9.39 Å². The van der Waals surface area contributed by atoms with E-state index in [-0.39, 0.29) is 5.60 Å². The van der Waals surface area contributed by atoms with Crippen molar-refractivity contribution in [2.45, 2.75) is 59.4 Å². The van der Waals surface area contributed by atoms with Crippen LogP contribution in [0, 0.1) is 5.92 Å².